The fraction of sp³-hybridized carbons (Fsp3) is 0.133. The SMILES string of the molecule is Cc1ccccc1N(C)c1cc(Br)ccc1/C(N)=N/O. The van der Waals surface area contributed by atoms with Gasteiger partial charge in [0.05, 0.1) is 5.69 Å². The van der Waals surface area contributed by atoms with Crippen LogP contribution in [0.5, 0.6) is 0 Å². The third-order valence-electron chi connectivity index (χ3n) is 3.18. The molecule has 0 aliphatic rings. The second-order valence-electron chi connectivity index (χ2n) is 4.49. The largest absolute Gasteiger partial charge is 0.409 e. The first-order valence-electron chi connectivity index (χ1n) is 6.11. The highest BCUT2D eigenvalue weighted by atomic mass is 79.9. The summed E-state index contributed by atoms with van der Waals surface area (Å²) in [5.74, 6) is 0.0907. The van der Waals surface area contributed by atoms with Crippen molar-refractivity contribution in [3.8, 4) is 0 Å². The lowest BCUT2D eigenvalue weighted by Gasteiger charge is -2.24. The van der Waals surface area contributed by atoms with Gasteiger partial charge < -0.3 is 15.8 Å². The number of hydrogen-bond donors (Lipinski definition) is 2. The van der Waals surface area contributed by atoms with E-state index in [1.807, 2.05) is 61.3 Å². The first-order chi connectivity index (χ1) is 9.54. The van der Waals surface area contributed by atoms with Crippen molar-refractivity contribution in [2.75, 3.05) is 11.9 Å². The van der Waals surface area contributed by atoms with Crippen molar-refractivity contribution < 1.29 is 5.21 Å². The Morgan fingerprint density at radius 3 is 2.55 bits per heavy atom. The number of benzene rings is 2. The molecule has 0 aliphatic heterocycles. The average Bonchev–Trinajstić information content (AvgIpc) is 2.46. The molecule has 3 N–H and O–H groups in total. The maximum absolute atomic E-state index is 8.92. The van der Waals surface area contributed by atoms with E-state index in [4.69, 9.17) is 10.9 Å². The van der Waals surface area contributed by atoms with Gasteiger partial charge in [0, 0.05) is 22.8 Å². The maximum atomic E-state index is 8.92. The first-order valence-corrected chi connectivity index (χ1v) is 6.90. The second kappa shape index (κ2) is 5.96. The van der Waals surface area contributed by atoms with Gasteiger partial charge in [0.15, 0.2) is 5.84 Å². The predicted molar refractivity (Wildman–Crippen MR) is 85.9 cm³/mol. The number of oxime groups is 1. The van der Waals surface area contributed by atoms with E-state index < -0.39 is 0 Å². The molecule has 104 valence electrons. The Bertz CT molecular complexity index is 655. The molecule has 2 rings (SSSR count). The number of halogens is 1. The van der Waals surface area contributed by atoms with Crippen LogP contribution >= 0.6 is 15.9 Å². The smallest absolute Gasteiger partial charge is 0.172 e. The highest BCUT2D eigenvalue weighted by Crippen LogP contribution is 2.31. The van der Waals surface area contributed by atoms with Gasteiger partial charge in [-0.1, -0.05) is 39.3 Å². The Morgan fingerprint density at radius 2 is 1.90 bits per heavy atom. The highest BCUT2D eigenvalue weighted by Gasteiger charge is 2.14. The predicted octanol–water partition coefficient (Wildman–Crippen LogP) is 3.62. The minimum absolute atomic E-state index is 0.0907. The zero-order chi connectivity index (χ0) is 14.7. The number of nitrogens with two attached hydrogens (primary N) is 1. The highest BCUT2D eigenvalue weighted by molar-refractivity contribution is 9.10. The third kappa shape index (κ3) is 2.77. The van der Waals surface area contributed by atoms with E-state index in [1.54, 1.807) is 0 Å². The van der Waals surface area contributed by atoms with Gasteiger partial charge in [-0.3, -0.25) is 0 Å². The number of aryl methyl sites for hydroxylation is 1. The summed E-state index contributed by atoms with van der Waals surface area (Å²) in [6, 6.07) is 13.7. The summed E-state index contributed by atoms with van der Waals surface area (Å²) in [4.78, 5) is 2.02. The molecule has 20 heavy (non-hydrogen) atoms. The zero-order valence-electron chi connectivity index (χ0n) is 11.3. The lowest BCUT2D eigenvalue weighted by atomic mass is 10.1. The normalized spacial score (nSPS) is 11.4. The van der Waals surface area contributed by atoms with Crippen molar-refractivity contribution in [1.82, 2.24) is 0 Å². The fourth-order valence-corrected chi connectivity index (χ4v) is 2.47. The van der Waals surface area contributed by atoms with Gasteiger partial charge in [-0.15, -0.1) is 0 Å². The molecule has 0 heterocycles. The molecule has 2 aromatic carbocycles. The molecule has 0 saturated carbocycles. The van der Waals surface area contributed by atoms with E-state index in [0.717, 1.165) is 21.4 Å². The average molecular weight is 334 g/mol. The van der Waals surface area contributed by atoms with Crippen molar-refractivity contribution in [1.29, 1.82) is 0 Å². The van der Waals surface area contributed by atoms with E-state index in [1.165, 1.54) is 0 Å². The molecular formula is C15H16BrN3O. The van der Waals surface area contributed by atoms with Crippen LogP contribution in [0.25, 0.3) is 0 Å². The Balaban J connectivity index is 2.57. The molecule has 0 atom stereocenters. The van der Waals surface area contributed by atoms with Crippen molar-refractivity contribution in [3.05, 3.63) is 58.1 Å². The molecule has 4 nitrogen and oxygen atoms in total. The topological polar surface area (TPSA) is 61.8 Å². The number of nitrogens with zero attached hydrogens (tertiary/aromatic N) is 2. The van der Waals surface area contributed by atoms with Crippen LogP contribution in [0.2, 0.25) is 0 Å². The number of anilines is 2. The van der Waals surface area contributed by atoms with Crippen molar-refractivity contribution in [3.63, 3.8) is 0 Å². The van der Waals surface area contributed by atoms with Crippen LogP contribution in [0, 0.1) is 6.92 Å². The monoisotopic (exact) mass is 333 g/mol. The van der Waals surface area contributed by atoms with E-state index >= 15 is 0 Å². The molecule has 0 unspecified atom stereocenters. The molecule has 0 amide bonds. The van der Waals surface area contributed by atoms with Gasteiger partial charge in [0.1, 0.15) is 0 Å². The summed E-state index contributed by atoms with van der Waals surface area (Å²) in [6.45, 7) is 2.05. The molecule has 0 spiro atoms. The summed E-state index contributed by atoms with van der Waals surface area (Å²) < 4.78 is 0.933. The Labute approximate surface area is 126 Å². The van der Waals surface area contributed by atoms with E-state index in [2.05, 4.69) is 21.1 Å². The van der Waals surface area contributed by atoms with Crippen LogP contribution < -0.4 is 10.6 Å². The minimum Gasteiger partial charge on any atom is -0.409 e. The molecule has 0 fully saturated rings. The number of para-hydroxylation sites is 1. The van der Waals surface area contributed by atoms with Gasteiger partial charge in [-0.25, -0.2) is 0 Å². The van der Waals surface area contributed by atoms with Crippen LogP contribution in [0.15, 0.2) is 52.1 Å². The maximum Gasteiger partial charge on any atom is 0.172 e. The molecule has 0 radical (unpaired) electrons. The van der Waals surface area contributed by atoms with Gasteiger partial charge in [0.2, 0.25) is 0 Å². The molecule has 0 aliphatic carbocycles. The molecule has 5 heteroatoms. The minimum atomic E-state index is 0.0907. The van der Waals surface area contributed by atoms with Crippen LogP contribution in [0.1, 0.15) is 11.1 Å². The van der Waals surface area contributed by atoms with Crippen molar-refractivity contribution in [2.24, 2.45) is 10.9 Å². The molecule has 0 saturated heterocycles. The van der Waals surface area contributed by atoms with Gasteiger partial charge in [0.25, 0.3) is 0 Å². The number of rotatable bonds is 3. The molecule has 0 bridgehead atoms. The fourth-order valence-electron chi connectivity index (χ4n) is 2.12. The molecule has 2 aromatic rings. The van der Waals surface area contributed by atoms with Crippen LogP contribution in [0.4, 0.5) is 11.4 Å². The summed E-state index contributed by atoms with van der Waals surface area (Å²) in [5.41, 5.74) is 9.52. The van der Waals surface area contributed by atoms with Gasteiger partial charge in [-0.05, 0) is 36.8 Å². The Kier molecular flexibility index (Phi) is 4.29. The van der Waals surface area contributed by atoms with Gasteiger partial charge >= 0.3 is 0 Å². The standard InChI is InChI=1S/C15H16BrN3O/c1-10-5-3-4-6-13(10)19(2)14-9-11(16)7-8-12(14)15(17)18-20/h3-9,20H,1-2H3,(H2,17,18). The zero-order valence-corrected chi connectivity index (χ0v) is 12.9. The Hall–Kier alpha value is -2.01. The molecule has 0 aromatic heterocycles. The lowest BCUT2D eigenvalue weighted by Crippen LogP contribution is -2.20. The summed E-state index contributed by atoms with van der Waals surface area (Å²) in [7, 11) is 1.96. The summed E-state index contributed by atoms with van der Waals surface area (Å²) in [6.07, 6.45) is 0. The number of hydrogen-bond acceptors (Lipinski definition) is 3. The van der Waals surface area contributed by atoms with E-state index in [0.29, 0.717) is 5.56 Å². The third-order valence-corrected chi connectivity index (χ3v) is 3.67. The summed E-state index contributed by atoms with van der Waals surface area (Å²) >= 11 is 3.46. The Morgan fingerprint density at radius 1 is 1.20 bits per heavy atom. The van der Waals surface area contributed by atoms with E-state index in [9.17, 15) is 0 Å². The van der Waals surface area contributed by atoms with Crippen molar-refractivity contribution >= 4 is 33.1 Å². The second-order valence-corrected chi connectivity index (χ2v) is 5.41. The van der Waals surface area contributed by atoms with Crippen LogP contribution in [-0.2, 0) is 0 Å². The van der Waals surface area contributed by atoms with Gasteiger partial charge in [-0.2, -0.15) is 0 Å². The number of amidine groups is 1. The van der Waals surface area contributed by atoms with Crippen LogP contribution in [0.3, 0.4) is 0 Å². The molecular weight excluding hydrogens is 318 g/mol. The van der Waals surface area contributed by atoms with E-state index in [-0.39, 0.29) is 5.84 Å². The van der Waals surface area contributed by atoms with Crippen molar-refractivity contribution in [2.45, 2.75) is 6.92 Å². The quantitative estimate of drug-likeness (QED) is 0.390. The first kappa shape index (κ1) is 14.4. The van der Waals surface area contributed by atoms with Crippen LogP contribution in [-0.4, -0.2) is 18.1 Å². The summed E-state index contributed by atoms with van der Waals surface area (Å²) in [5, 5.41) is 12.0. The lowest BCUT2D eigenvalue weighted by molar-refractivity contribution is 0.318.